The molecule has 5 heterocycles. The smallest absolute Gasteiger partial charge is 0.328 e. The van der Waals surface area contributed by atoms with Crippen LogP contribution >= 0.6 is 0 Å². The van der Waals surface area contributed by atoms with Crippen molar-refractivity contribution in [1.82, 2.24) is 34.1 Å². The highest BCUT2D eigenvalue weighted by atomic mass is 16.5. The second-order valence-corrected chi connectivity index (χ2v) is 6.86. The maximum atomic E-state index is 12.8. The van der Waals surface area contributed by atoms with Gasteiger partial charge in [0.05, 0.1) is 29.9 Å². The van der Waals surface area contributed by atoms with Gasteiger partial charge in [-0.05, 0) is 24.3 Å². The van der Waals surface area contributed by atoms with Crippen molar-refractivity contribution in [2.45, 2.75) is 12.5 Å². The van der Waals surface area contributed by atoms with Crippen LogP contribution in [0.1, 0.15) is 18.0 Å². The van der Waals surface area contributed by atoms with Gasteiger partial charge in [-0.3, -0.25) is 9.13 Å². The van der Waals surface area contributed by atoms with Crippen molar-refractivity contribution < 1.29 is 4.74 Å². The molecule has 6 rings (SSSR count). The highest BCUT2D eigenvalue weighted by Gasteiger charge is 2.27. The van der Waals surface area contributed by atoms with Crippen LogP contribution in [0.2, 0.25) is 0 Å². The zero-order valence-electron chi connectivity index (χ0n) is 15.2. The summed E-state index contributed by atoms with van der Waals surface area (Å²) in [6.07, 6.45) is 5.66. The maximum absolute atomic E-state index is 12.8. The normalized spacial score (nSPS) is 16.1. The lowest BCUT2D eigenvalue weighted by atomic mass is 10.0. The predicted octanol–water partition coefficient (Wildman–Crippen LogP) is 2.23. The Morgan fingerprint density at radius 3 is 3.00 bits per heavy atom. The zero-order chi connectivity index (χ0) is 19.4. The van der Waals surface area contributed by atoms with Gasteiger partial charge in [0.1, 0.15) is 11.8 Å². The molecule has 0 saturated carbocycles. The van der Waals surface area contributed by atoms with E-state index in [0.717, 1.165) is 16.6 Å². The maximum Gasteiger partial charge on any atom is 0.328 e. The average molecular weight is 385 g/mol. The third-order valence-electron chi connectivity index (χ3n) is 5.21. The average Bonchev–Trinajstić information content (AvgIpc) is 3.33. The minimum atomic E-state index is -0.233. The highest BCUT2D eigenvalue weighted by molar-refractivity contribution is 5.77. The quantitative estimate of drug-likeness (QED) is 0.500. The number of para-hydroxylation sites is 2. The lowest BCUT2D eigenvalue weighted by Gasteiger charge is -2.25. The van der Waals surface area contributed by atoms with Crippen LogP contribution < -0.4 is 10.4 Å². The Morgan fingerprint density at radius 1 is 1.10 bits per heavy atom. The molecule has 0 spiro atoms. The van der Waals surface area contributed by atoms with E-state index >= 15 is 0 Å². The van der Waals surface area contributed by atoms with Crippen LogP contribution in [0.4, 0.5) is 0 Å². The van der Waals surface area contributed by atoms with Crippen molar-refractivity contribution in [3.8, 4) is 11.8 Å². The largest absolute Gasteiger partial charge is 0.477 e. The van der Waals surface area contributed by atoms with E-state index in [-0.39, 0.29) is 11.7 Å². The molecule has 0 fully saturated rings. The summed E-state index contributed by atoms with van der Waals surface area (Å²) >= 11 is 0. The molecule has 9 nitrogen and oxygen atoms in total. The first-order valence-corrected chi connectivity index (χ1v) is 9.27. The van der Waals surface area contributed by atoms with Crippen LogP contribution in [0.3, 0.4) is 0 Å². The molecular formula is C20H15N7O2. The molecule has 1 N–H and O–H groups in total. The van der Waals surface area contributed by atoms with Crippen molar-refractivity contribution in [3.05, 3.63) is 71.2 Å². The fraction of sp³-hybridized carbons (Fsp3) is 0.150. The van der Waals surface area contributed by atoms with Crippen LogP contribution in [0.15, 0.2) is 59.9 Å². The molecule has 0 radical (unpaired) electrons. The third kappa shape index (κ3) is 2.37. The molecule has 5 aromatic rings. The Labute approximate surface area is 163 Å². The van der Waals surface area contributed by atoms with E-state index in [9.17, 15) is 4.79 Å². The summed E-state index contributed by atoms with van der Waals surface area (Å²) in [5.74, 6) is 1.01. The first kappa shape index (κ1) is 16.0. The summed E-state index contributed by atoms with van der Waals surface area (Å²) in [4.78, 5) is 33.5. The Balaban J connectivity index is 1.57. The summed E-state index contributed by atoms with van der Waals surface area (Å²) in [5, 5.41) is 0. The lowest BCUT2D eigenvalue weighted by molar-refractivity contribution is 0.246. The SMILES string of the molecule is O=c1[nH]c2cnc(-n3cnc4ccccc43)nc2n1C1CCOc2ncccc21. The summed E-state index contributed by atoms with van der Waals surface area (Å²) in [7, 11) is 0. The number of pyridine rings is 1. The van der Waals surface area contributed by atoms with Crippen LogP contribution in [-0.4, -0.2) is 40.7 Å². The summed E-state index contributed by atoms with van der Waals surface area (Å²) in [5.41, 5.74) is 3.52. The number of benzene rings is 1. The van der Waals surface area contributed by atoms with E-state index in [2.05, 4.69) is 19.9 Å². The number of aromatic nitrogens is 7. The number of nitrogens with zero attached hydrogens (tertiary/aromatic N) is 6. The van der Waals surface area contributed by atoms with Crippen molar-refractivity contribution >= 4 is 22.2 Å². The monoisotopic (exact) mass is 385 g/mol. The second-order valence-electron chi connectivity index (χ2n) is 6.86. The van der Waals surface area contributed by atoms with Gasteiger partial charge in [-0.15, -0.1) is 0 Å². The van der Waals surface area contributed by atoms with E-state index in [1.165, 1.54) is 0 Å². The fourth-order valence-electron chi connectivity index (χ4n) is 3.90. The highest BCUT2D eigenvalue weighted by Crippen LogP contribution is 2.33. The van der Waals surface area contributed by atoms with Crippen molar-refractivity contribution in [3.63, 3.8) is 0 Å². The fourth-order valence-corrected chi connectivity index (χ4v) is 3.90. The molecule has 9 heteroatoms. The molecule has 1 unspecified atom stereocenters. The van der Waals surface area contributed by atoms with Gasteiger partial charge in [-0.25, -0.2) is 19.7 Å². The molecule has 0 saturated heterocycles. The van der Waals surface area contributed by atoms with Gasteiger partial charge in [0, 0.05) is 18.2 Å². The number of hydrogen-bond donors (Lipinski definition) is 1. The minimum absolute atomic E-state index is 0.212. The van der Waals surface area contributed by atoms with E-state index in [0.29, 0.717) is 36.0 Å². The summed E-state index contributed by atoms with van der Waals surface area (Å²) in [6.45, 7) is 0.484. The van der Waals surface area contributed by atoms with E-state index in [1.807, 2.05) is 41.0 Å². The zero-order valence-corrected chi connectivity index (χ0v) is 15.2. The minimum Gasteiger partial charge on any atom is -0.477 e. The Bertz CT molecular complexity index is 1430. The number of fused-ring (bicyclic) bond motifs is 3. The first-order chi connectivity index (χ1) is 14.3. The molecule has 1 atom stereocenters. The van der Waals surface area contributed by atoms with E-state index in [4.69, 9.17) is 9.72 Å². The van der Waals surface area contributed by atoms with Crippen molar-refractivity contribution in [1.29, 1.82) is 0 Å². The van der Waals surface area contributed by atoms with Gasteiger partial charge >= 0.3 is 5.69 Å². The molecule has 142 valence electrons. The third-order valence-corrected chi connectivity index (χ3v) is 5.21. The van der Waals surface area contributed by atoms with Gasteiger partial charge in [0.15, 0.2) is 5.65 Å². The Kier molecular flexibility index (Phi) is 3.31. The van der Waals surface area contributed by atoms with Crippen LogP contribution in [0.25, 0.3) is 28.1 Å². The first-order valence-electron chi connectivity index (χ1n) is 9.27. The number of aromatic amines is 1. The van der Waals surface area contributed by atoms with Gasteiger partial charge in [-0.1, -0.05) is 12.1 Å². The molecule has 0 aliphatic carbocycles. The number of hydrogen-bond acceptors (Lipinski definition) is 6. The number of H-pyrrole nitrogens is 1. The van der Waals surface area contributed by atoms with Crippen LogP contribution in [0, 0.1) is 0 Å². The topological polar surface area (TPSA) is 104 Å². The van der Waals surface area contributed by atoms with Gasteiger partial charge in [0.25, 0.3) is 0 Å². The molecule has 4 aromatic heterocycles. The summed E-state index contributed by atoms with van der Waals surface area (Å²) in [6, 6.07) is 11.3. The molecule has 0 amide bonds. The number of ether oxygens (including phenoxy) is 1. The van der Waals surface area contributed by atoms with Gasteiger partial charge in [-0.2, -0.15) is 4.98 Å². The Morgan fingerprint density at radius 2 is 2.03 bits per heavy atom. The molecular weight excluding hydrogens is 370 g/mol. The number of nitrogens with one attached hydrogen (secondary N) is 1. The van der Waals surface area contributed by atoms with Crippen molar-refractivity contribution in [2.24, 2.45) is 0 Å². The van der Waals surface area contributed by atoms with Crippen molar-refractivity contribution in [2.75, 3.05) is 6.61 Å². The predicted molar refractivity (Wildman–Crippen MR) is 105 cm³/mol. The molecule has 29 heavy (non-hydrogen) atoms. The van der Waals surface area contributed by atoms with Crippen LogP contribution in [-0.2, 0) is 0 Å². The Hall–Kier alpha value is -4.01. The molecule has 1 aromatic carbocycles. The van der Waals surface area contributed by atoms with E-state index < -0.39 is 0 Å². The standard InChI is InChI=1S/C20H15N7O2/c28-20-24-14-10-22-19(26-11-23-13-5-1-2-6-16(13)26)25-17(14)27(20)15-7-9-29-18-12(15)4-3-8-21-18/h1-6,8,10-11,15H,7,9H2,(H,24,28). The molecule has 1 aliphatic heterocycles. The van der Waals surface area contributed by atoms with Gasteiger partial charge < -0.3 is 9.72 Å². The number of rotatable bonds is 2. The number of imidazole rings is 2. The van der Waals surface area contributed by atoms with Crippen LogP contribution in [0.5, 0.6) is 5.88 Å². The molecule has 1 aliphatic rings. The molecule has 0 bridgehead atoms. The van der Waals surface area contributed by atoms with Gasteiger partial charge in [0.2, 0.25) is 11.8 Å². The lowest BCUT2D eigenvalue weighted by Crippen LogP contribution is -2.28. The second kappa shape index (κ2) is 5.99. The van der Waals surface area contributed by atoms with E-state index in [1.54, 1.807) is 23.3 Å². The summed E-state index contributed by atoms with van der Waals surface area (Å²) < 4.78 is 9.14.